The Morgan fingerprint density at radius 1 is 0.926 bits per heavy atom. The minimum absolute atomic E-state index is 0.388. The summed E-state index contributed by atoms with van der Waals surface area (Å²) in [5.74, 6) is 5.34. The fraction of sp³-hybridized carbons (Fsp3) is 0.0870. The molecule has 0 bridgehead atoms. The average Bonchev–Trinajstić information content (AvgIpc) is 2.91. The summed E-state index contributed by atoms with van der Waals surface area (Å²) in [4.78, 5) is 14.7. The van der Waals surface area contributed by atoms with Crippen LogP contribution in [0, 0.1) is 11.8 Å². The monoisotopic (exact) mass is 417 g/mol. The van der Waals surface area contributed by atoms with Gasteiger partial charge in [-0.05, 0) is 41.8 Å². The summed E-state index contributed by atoms with van der Waals surface area (Å²) in [6.45, 7) is 0.388. The molecule has 1 atom stereocenters. The van der Waals surface area contributed by atoms with Crippen LogP contribution in [0.3, 0.4) is 0 Å². The van der Waals surface area contributed by atoms with E-state index >= 15 is 0 Å². The zero-order valence-electron chi connectivity index (χ0n) is 14.4. The number of para-hydroxylation sites is 1. The number of hydrogen-bond acceptors (Lipinski definition) is 2. The van der Waals surface area contributed by atoms with Gasteiger partial charge in [0, 0.05) is 15.6 Å². The molecule has 4 rings (SSSR count). The van der Waals surface area contributed by atoms with Crippen LogP contribution in [-0.4, -0.2) is 11.0 Å². The van der Waals surface area contributed by atoms with Gasteiger partial charge in [-0.15, -0.1) is 0 Å². The highest BCUT2D eigenvalue weighted by molar-refractivity contribution is 9.10. The molecule has 0 radical (unpaired) electrons. The Hall–Kier alpha value is -2.87. The van der Waals surface area contributed by atoms with Gasteiger partial charge in [0.25, 0.3) is 5.91 Å². The molecule has 1 heterocycles. The van der Waals surface area contributed by atoms with Gasteiger partial charge in [-0.1, -0.05) is 70.4 Å². The summed E-state index contributed by atoms with van der Waals surface area (Å²) in [5, 5.41) is 11.2. The molecular weight excluding hydrogens is 402 g/mol. The molecule has 0 aliphatic carbocycles. The van der Waals surface area contributed by atoms with Crippen molar-refractivity contribution in [2.24, 2.45) is 0 Å². The Labute approximate surface area is 166 Å². The van der Waals surface area contributed by atoms with Gasteiger partial charge in [0.15, 0.2) is 0 Å². The van der Waals surface area contributed by atoms with Gasteiger partial charge in [0.1, 0.15) is 0 Å². The molecule has 0 spiro atoms. The van der Waals surface area contributed by atoms with Crippen LogP contribution in [0.1, 0.15) is 16.7 Å². The van der Waals surface area contributed by atoms with E-state index in [2.05, 4.69) is 27.8 Å². The summed E-state index contributed by atoms with van der Waals surface area (Å²) in [5.41, 5.74) is 1.09. The van der Waals surface area contributed by atoms with E-state index in [-0.39, 0.29) is 0 Å². The first kappa shape index (κ1) is 17.5. The minimum Gasteiger partial charge on any atom is -0.366 e. The first-order chi connectivity index (χ1) is 13.1. The Morgan fingerprint density at radius 3 is 2.33 bits per heavy atom. The number of aliphatic hydroxyl groups is 1. The van der Waals surface area contributed by atoms with Crippen LogP contribution in [0.5, 0.6) is 0 Å². The molecule has 3 aromatic carbocycles. The zero-order valence-corrected chi connectivity index (χ0v) is 16.0. The number of halogens is 1. The summed E-state index contributed by atoms with van der Waals surface area (Å²) < 4.78 is 0.947. The maximum Gasteiger partial charge on any atom is 0.276 e. The normalized spacial score (nSPS) is 18.0. The third-order valence-corrected chi connectivity index (χ3v) is 5.08. The van der Waals surface area contributed by atoms with Crippen LogP contribution in [0.4, 0.5) is 5.69 Å². The van der Waals surface area contributed by atoms with Gasteiger partial charge in [0.05, 0.1) is 12.2 Å². The molecule has 1 aliphatic heterocycles. The molecule has 0 saturated carbocycles. The quantitative estimate of drug-likeness (QED) is 0.633. The second kappa shape index (κ2) is 7.03. The largest absolute Gasteiger partial charge is 0.366 e. The molecule has 0 saturated heterocycles. The van der Waals surface area contributed by atoms with Crippen molar-refractivity contribution in [2.45, 2.75) is 12.1 Å². The molecule has 3 aromatic rings. The summed E-state index contributed by atoms with van der Waals surface area (Å²) in [6, 6.07) is 24.4. The van der Waals surface area contributed by atoms with E-state index < -0.39 is 11.5 Å². The standard InChI is InChI=1S/C23H16BrNO2/c24-19-12-10-17(11-13-19)14-15-23(27)20-8-4-5-9-21(20)25(22(23)26)16-18-6-2-1-3-7-18/h1-13,27H,16H2. The minimum atomic E-state index is -1.85. The van der Waals surface area contributed by atoms with E-state index in [0.717, 1.165) is 15.6 Å². The lowest BCUT2D eigenvalue weighted by Gasteiger charge is -2.19. The van der Waals surface area contributed by atoms with Gasteiger partial charge >= 0.3 is 0 Å². The van der Waals surface area contributed by atoms with Crippen LogP contribution in [0.15, 0.2) is 83.3 Å². The fourth-order valence-corrected chi connectivity index (χ4v) is 3.44. The lowest BCUT2D eigenvalue weighted by atomic mass is 9.95. The summed E-state index contributed by atoms with van der Waals surface area (Å²) >= 11 is 3.39. The van der Waals surface area contributed by atoms with Crippen molar-refractivity contribution < 1.29 is 9.90 Å². The van der Waals surface area contributed by atoms with Crippen LogP contribution in [0.25, 0.3) is 0 Å². The summed E-state index contributed by atoms with van der Waals surface area (Å²) in [6.07, 6.45) is 0. The fourth-order valence-electron chi connectivity index (χ4n) is 3.17. The van der Waals surface area contributed by atoms with E-state index in [9.17, 15) is 9.90 Å². The molecule has 1 N–H and O–H groups in total. The Morgan fingerprint density at radius 2 is 1.59 bits per heavy atom. The number of amides is 1. The van der Waals surface area contributed by atoms with Crippen LogP contribution < -0.4 is 4.90 Å². The molecule has 4 heteroatoms. The van der Waals surface area contributed by atoms with Crippen LogP contribution >= 0.6 is 15.9 Å². The number of anilines is 1. The Bertz CT molecular complexity index is 1050. The maximum atomic E-state index is 13.1. The van der Waals surface area contributed by atoms with Crippen molar-refractivity contribution in [2.75, 3.05) is 4.90 Å². The first-order valence-electron chi connectivity index (χ1n) is 8.54. The number of carbonyl (C=O) groups is 1. The van der Waals surface area contributed by atoms with E-state index in [0.29, 0.717) is 17.8 Å². The second-order valence-corrected chi connectivity index (χ2v) is 7.28. The predicted molar refractivity (Wildman–Crippen MR) is 109 cm³/mol. The van der Waals surface area contributed by atoms with Gasteiger partial charge in [-0.2, -0.15) is 0 Å². The molecule has 0 fully saturated rings. The van der Waals surface area contributed by atoms with Crippen molar-refractivity contribution in [3.8, 4) is 11.8 Å². The number of rotatable bonds is 2. The third kappa shape index (κ3) is 3.28. The SMILES string of the molecule is O=C1N(Cc2ccccc2)c2ccccc2C1(O)C#Cc1ccc(Br)cc1. The first-order valence-corrected chi connectivity index (χ1v) is 9.34. The lowest BCUT2D eigenvalue weighted by molar-refractivity contribution is -0.130. The van der Waals surface area contributed by atoms with Crippen molar-refractivity contribution in [3.63, 3.8) is 0 Å². The lowest BCUT2D eigenvalue weighted by Crippen LogP contribution is -2.39. The van der Waals surface area contributed by atoms with E-state index in [4.69, 9.17) is 0 Å². The van der Waals surface area contributed by atoms with Crippen molar-refractivity contribution in [1.82, 2.24) is 0 Å². The maximum absolute atomic E-state index is 13.1. The molecule has 132 valence electrons. The average molecular weight is 418 g/mol. The van der Waals surface area contributed by atoms with Crippen LogP contribution in [0.2, 0.25) is 0 Å². The molecule has 1 amide bonds. The van der Waals surface area contributed by atoms with E-state index in [1.165, 1.54) is 0 Å². The number of fused-ring (bicyclic) bond motifs is 1. The Kier molecular flexibility index (Phi) is 4.57. The van der Waals surface area contributed by atoms with Gasteiger partial charge in [-0.25, -0.2) is 0 Å². The molecule has 1 aliphatic rings. The molecule has 1 unspecified atom stereocenters. The number of nitrogens with zero attached hydrogens (tertiary/aromatic N) is 1. The Balaban J connectivity index is 1.73. The number of hydrogen-bond donors (Lipinski definition) is 1. The zero-order chi connectivity index (χ0) is 18.9. The van der Waals surface area contributed by atoms with Crippen molar-refractivity contribution in [3.05, 3.63) is 100 Å². The van der Waals surface area contributed by atoms with E-state index in [1.54, 1.807) is 11.0 Å². The topological polar surface area (TPSA) is 40.5 Å². The highest BCUT2D eigenvalue weighted by atomic mass is 79.9. The van der Waals surface area contributed by atoms with Gasteiger partial charge in [-0.3, -0.25) is 4.79 Å². The molecule has 27 heavy (non-hydrogen) atoms. The molecular formula is C23H16BrNO2. The number of benzene rings is 3. The van der Waals surface area contributed by atoms with Crippen molar-refractivity contribution >= 4 is 27.5 Å². The highest BCUT2D eigenvalue weighted by Gasteiger charge is 2.48. The predicted octanol–water partition coefficient (Wildman–Crippen LogP) is 4.24. The molecule has 3 nitrogen and oxygen atoms in total. The van der Waals surface area contributed by atoms with Crippen LogP contribution in [-0.2, 0) is 16.9 Å². The van der Waals surface area contributed by atoms with Gasteiger partial charge < -0.3 is 10.0 Å². The third-order valence-electron chi connectivity index (χ3n) is 4.55. The molecule has 0 aromatic heterocycles. The van der Waals surface area contributed by atoms with E-state index in [1.807, 2.05) is 72.8 Å². The van der Waals surface area contributed by atoms with Gasteiger partial charge in [0.2, 0.25) is 5.60 Å². The highest BCUT2D eigenvalue weighted by Crippen LogP contribution is 2.40. The van der Waals surface area contributed by atoms with Crippen molar-refractivity contribution in [1.29, 1.82) is 0 Å². The second-order valence-electron chi connectivity index (χ2n) is 6.36. The smallest absolute Gasteiger partial charge is 0.276 e. The number of carbonyl (C=O) groups excluding carboxylic acids is 1. The summed E-state index contributed by atoms with van der Waals surface area (Å²) in [7, 11) is 0.